The average molecular weight is 474 g/mol. The highest BCUT2D eigenvalue weighted by Gasteiger charge is 2.29. The molecule has 0 atom stereocenters. The van der Waals surface area contributed by atoms with E-state index in [0.29, 0.717) is 36.1 Å². The first-order valence-electron chi connectivity index (χ1n) is 9.87. The van der Waals surface area contributed by atoms with Crippen molar-refractivity contribution >= 4 is 32.8 Å². The summed E-state index contributed by atoms with van der Waals surface area (Å²) in [6.45, 7) is 3.12. The zero-order valence-corrected chi connectivity index (χ0v) is 18.8. The molecule has 1 aromatic heterocycles. The van der Waals surface area contributed by atoms with E-state index in [0.717, 1.165) is 33.8 Å². The summed E-state index contributed by atoms with van der Waals surface area (Å²) in [6.07, 6.45) is 1.42. The van der Waals surface area contributed by atoms with Crippen LogP contribution in [0.2, 0.25) is 0 Å². The van der Waals surface area contributed by atoms with Gasteiger partial charge in [-0.25, -0.2) is 0 Å². The molecular formula is C23H24BrNO5. The molecule has 2 aromatic carbocycles. The van der Waals surface area contributed by atoms with Crippen molar-refractivity contribution in [3.8, 4) is 17.2 Å². The summed E-state index contributed by atoms with van der Waals surface area (Å²) in [4.78, 5) is 14.9. The van der Waals surface area contributed by atoms with Crippen molar-refractivity contribution in [3.63, 3.8) is 0 Å². The third-order valence-electron chi connectivity index (χ3n) is 5.49. The minimum atomic E-state index is -0.0758. The lowest BCUT2D eigenvalue weighted by molar-refractivity contribution is 0.0558. The van der Waals surface area contributed by atoms with Crippen LogP contribution < -0.4 is 14.2 Å². The maximum Gasteiger partial charge on any atom is 0.289 e. The lowest BCUT2D eigenvalue weighted by Crippen LogP contribution is -2.41. The molecule has 0 N–H and O–H groups in total. The second-order valence-electron chi connectivity index (χ2n) is 7.30. The number of furan rings is 1. The van der Waals surface area contributed by atoms with Gasteiger partial charge in [-0.3, -0.25) is 4.79 Å². The summed E-state index contributed by atoms with van der Waals surface area (Å²) in [5.74, 6) is 2.21. The number of rotatable bonds is 5. The van der Waals surface area contributed by atoms with Gasteiger partial charge >= 0.3 is 0 Å². The van der Waals surface area contributed by atoms with Crippen LogP contribution in [-0.2, 0) is 0 Å². The molecule has 1 saturated heterocycles. The molecule has 2 heterocycles. The molecule has 1 aliphatic heterocycles. The van der Waals surface area contributed by atoms with E-state index >= 15 is 0 Å². The Bertz CT molecular complexity index is 1050. The summed E-state index contributed by atoms with van der Waals surface area (Å²) in [5, 5.41) is 0.953. The van der Waals surface area contributed by atoms with Crippen molar-refractivity contribution in [1.82, 2.24) is 4.90 Å². The molecule has 0 radical (unpaired) electrons. The minimum Gasteiger partial charge on any atom is -0.493 e. The van der Waals surface area contributed by atoms with Gasteiger partial charge in [0.25, 0.3) is 5.91 Å². The van der Waals surface area contributed by atoms with E-state index in [2.05, 4.69) is 15.9 Å². The monoisotopic (exact) mass is 473 g/mol. The highest BCUT2D eigenvalue weighted by atomic mass is 79.9. The van der Waals surface area contributed by atoms with Crippen LogP contribution in [0.15, 0.2) is 45.3 Å². The summed E-state index contributed by atoms with van der Waals surface area (Å²) in [7, 11) is 3.22. The SMILES string of the molecule is COc1cccc(OC)c1OC1CCN(C(=O)c2oc3ccc(Br)cc3c2C)CC1. The van der Waals surface area contributed by atoms with Crippen molar-refractivity contribution in [2.45, 2.75) is 25.9 Å². The predicted octanol–water partition coefficient (Wildman–Crippen LogP) is 5.20. The number of benzene rings is 2. The van der Waals surface area contributed by atoms with E-state index in [1.807, 2.05) is 48.2 Å². The topological polar surface area (TPSA) is 61.1 Å². The average Bonchev–Trinajstić information content (AvgIpc) is 3.09. The van der Waals surface area contributed by atoms with Gasteiger partial charge in [0.05, 0.1) is 14.2 Å². The number of amides is 1. The highest BCUT2D eigenvalue weighted by Crippen LogP contribution is 2.38. The number of fused-ring (bicyclic) bond motifs is 1. The zero-order valence-electron chi connectivity index (χ0n) is 17.2. The first-order valence-corrected chi connectivity index (χ1v) is 10.7. The van der Waals surface area contributed by atoms with Crippen LogP contribution in [0.3, 0.4) is 0 Å². The standard InChI is InChI=1S/C23H24BrNO5/c1-14-17-13-15(24)7-8-18(17)30-21(14)23(26)25-11-9-16(10-12-25)29-22-19(27-2)5-4-6-20(22)28-3/h4-8,13,16H,9-12H2,1-3H3. The maximum absolute atomic E-state index is 13.1. The number of hydrogen-bond donors (Lipinski definition) is 0. The van der Waals surface area contributed by atoms with Crippen LogP contribution in [0.5, 0.6) is 17.2 Å². The van der Waals surface area contributed by atoms with E-state index in [9.17, 15) is 4.79 Å². The molecule has 1 aliphatic rings. The smallest absolute Gasteiger partial charge is 0.289 e. The summed E-state index contributed by atoms with van der Waals surface area (Å²) in [5.41, 5.74) is 1.59. The number of piperidine rings is 1. The number of methoxy groups -OCH3 is 2. The lowest BCUT2D eigenvalue weighted by atomic mass is 10.1. The fourth-order valence-electron chi connectivity index (χ4n) is 3.82. The van der Waals surface area contributed by atoms with Gasteiger partial charge < -0.3 is 23.5 Å². The Labute approximate surface area is 183 Å². The molecule has 3 aromatic rings. The Kier molecular flexibility index (Phi) is 5.90. The fourth-order valence-corrected chi connectivity index (χ4v) is 4.18. The van der Waals surface area contributed by atoms with Crippen molar-refractivity contribution in [2.24, 2.45) is 0 Å². The normalized spacial score (nSPS) is 14.7. The summed E-state index contributed by atoms with van der Waals surface area (Å²) in [6, 6.07) is 11.3. The van der Waals surface area contributed by atoms with Crippen molar-refractivity contribution in [3.05, 3.63) is 52.2 Å². The van der Waals surface area contributed by atoms with E-state index in [1.54, 1.807) is 14.2 Å². The Morgan fingerprint density at radius 3 is 2.40 bits per heavy atom. The minimum absolute atomic E-state index is 0.0213. The van der Waals surface area contributed by atoms with Crippen molar-refractivity contribution in [2.75, 3.05) is 27.3 Å². The third-order valence-corrected chi connectivity index (χ3v) is 5.98. The fraction of sp³-hybridized carbons (Fsp3) is 0.348. The molecule has 6 nitrogen and oxygen atoms in total. The number of ether oxygens (including phenoxy) is 3. The second kappa shape index (κ2) is 8.60. The molecule has 30 heavy (non-hydrogen) atoms. The largest absolute Gasteiger partial charge is 0.493 e. The highest BCUT2D eigenvalue weighted by molar-refractivity contribution is 9.10. The van der Waals surface area contributed by atoms with Crippen molar-refractivity contribution < 1.29 is 23.4 Å². The van der Waals surface area contributed by atoms with Gasteiger partial charge in [0, 0.05) is 41.4 Å². The van der Waals surface area contributed by atoms with Crippen LogP contribution >= 0.6 is 15.9 Å². The molecule has 7 heteroatoms. The first kappa shape index (κ1) is 20.6. The number of halogens is 1. The van der Waals surface area contributed by atoms with E-state index in [-0.39, 0.29) is 12.0 Å². The molecule has 0 aliphatic carbocycles. The van der Waals surface area contributed by atoms with Gasteiger partial charge in [-0.1, -0.05) is 22.0 Å². The number of para-hydroxylation sites is 1. The van der Waals surface area contributed by atoms with Gasteiger partial charge in [0.2, 0.25) is 5.75 Å². The van der Waals surface area contributed by atoms with Crippen molar-refractivity contribution in [1.29, 1.82) is 0 Å². The van der Waals surface area contributed by atoms with Crippen LogP contribution in [0.1, 0.15) is 29.0 Å². The van der Waals surface area contributed by atoms with E-state index < -0.39 is 0 Å². The molecule has 4 rings (SSSR count). The number of carbonyl (C=O) groups is 1. The van der Waals surface area contributed by atoms with E-state index in [1.165, 1.54) is 0 Å². The van der Waals surface area contributed by atoms with Crippen LogP contribution in [0, 0.1) is 6.92 Å². The van der Waals surface area contributed by atoms with Crippen LogP contribution in [0.4, 0.5) is 0 Å². The molecule has 0 spiro atoms. The number of likely N-dealkylation sites (tertiary alicyclic amines) is 1. The molecular weight excluding hydrogens is 450 g/mol. The Morgan fingerprint density at radius 2 is 1.77 bits per heavy atom. The number of aryl methyl sites for hydroxylation is 1. The Morgan fingerprint density at radius 1 is 1.10 bits per heavy atom. The Balaban J connectivity index is 1.45. The van der Waals surface area contributed by atoms with Gasteiger partial charge in [-0.05, 0) is 37.3 Å². The zero-order chi connectivity index (χ0) is 21.3. The number of hydrogen-bond acceptors (Lipinski definition) is 5. The van der Waals surface area contributed by atoms with Crippen LogP contribution in [-0.4, -0.2) is 44.2 Å². The third kappa shape index (κ3) is 3.86. The molecule has 0 unspecified atom stereocenters. The summed E-state index contributed by atoms with van der Waals surface area (Å²) < 4.78 is 23.9. The maximum atomic E-state index is 13.1. The van der Waals surface area contributed by atoms with Gasteiger partial charge in [-0.2, -0.15) is 0 Å². The second-order valence-corrected chi connectivity index (χ2v) is 8.21. The van der Waals surface area contributed by atoms with Gasteiger partial charge in [0.1, 0.15) is 11.7 Å². The first-order chi connectivity index (χ1) is 14.5. The molecule has 158 valence electrons. The molecule has 1 amide bonds. The molecule has 1 fully saturated rings. The number of nitrogens with zero attached hydrogens (tertiary/aromatic N) is 1. The Hall–Kier alpha value is -2.67. The van der Waals surface area contributed by atoms with Gasteiger partial charge in [-0.15, -0.1) is 0 Å². The summed E-state index contributed by atoms with van der Waals surface area (Å²) >= 11 is 3.47. The lowest BCUT2D eigenvalue weighted by Gasteiger charge is -2.32. The quantitative estimate of drug-likeness (QED) is 0.509. The predicted molar refractivity (Wildman–Crippen MR) is 118 cm³/mol. The van der Waals surface area contributed by atoms with Crippen LogP contribution in [0.25, 0.3) is 11.0 Å². The van der Waals surface area contributed by atoms with E-state index in [4.69, 9.17) is 18.6 Å². The molecule has 0 saturated carbocycles. The van der Waals surface area contributed by atoms with Gasteiger partial charge in [0.15, 0.2) is 17.3 Å². The number of carbonyl (C=O) groups excluding carboxylic acids is 1. The molecule has 0 bridgehead atoms.